The van der Waals surface area contributed by atoms with E-state index in [9.17, 15) is 0 Å². The molecule has 3 N–H and O–H groups in total. The molecule has 1 aliphatic heterocycles. The van der Waals surface area contributed by atoms with Gasteiger partial charge >= 0.3 is 0 Å². The molecule has 0 bridgehead atoms. The number of piperidine rings is 1. The first-order valence-electron chi connectivity index (χ1n) is 7.37. The number of nitrogens with zero attached hydrogens (tertiary/aromatic N) is 2. The normalized spacial score (nSPS) is 21.1. The number of rotatable bonds is 3. The van der Waals surface area contributed by atoms with Crippen LogP contribution in [0.25, 0.3) is 0 Å². The van der Waals surface area contributed by atoms with E-state index in [1.54, 1.807) is 11.3 Å². The van der Waals surface area contributed by atoms with E-state index < -0.39 is 0 Å². The van der Waals surface area contributed by atoms with Crippen molar-refractivity contribution in [2.75, 3.05) is 6.54 Å². The Morgan fingerprint density at radius 1 is 1.45 bits per heavy atom. The van der Waals surface area contributed by atoms with Gasteiger partial charge in [0.1, 0.15) is 10.8 Å². The minimum absolute atomic E-state index is 0.0662. The zero-order valence-corrected chi connectivity index (χ0v) is 13.8. The first-order chi connectivity index (χ1) is 9.29. The Morgan fingerprint density at radius 3 is 2.65 bits per heavy atom. The average molecular weight is 294 g/mol. The molecule has 1 atom stereocenters. The molecule has 5 heteroatoms. The molecule has 1 fully saturated rings. The third-order valence-corrected chi connectivity index (χ3v) is 4.98. The predicted octanol–water partition coefficient (Wildman–Crippen LogP) is 3.10. The fraction of sp³-hybridized carbons (Fsp3) is 0.733. The van der Waals surface area contributed by atoms with E-state index in [0.717, 1.165) is 28.7 Å². The lowest BCUT2D eigenvalue weighted by molar-refractivity contribution is 0.152. The molecular weight excluding hydrogens is 268 g/mol. The zero-order chi connectivity index (χ0) is 14.9. The lowest BCUT2D eigenvalue weighted by atomic mass is 9.91. The molecule has 20 heavy (non-hydrogen) atoms. The highest BCUT2D eigenvalue weighted by atomic mass is 32.1. The Bertz CT molecular complexity index is 487. The van der Waals surface area contributed by atoms with E-state index in [2.05, 4.69) is 32.6 Å². The highest BCUT2D eigenvalue weighted by molar-refractivity contribution is 7.13. The topological polar surface area (TPSA) is 66.0 Å². The van der Waals surface area contributed by atoms with Gasteiger partial charge in [-0.1, -0.05) is 27.2 Å². The molecule has 1 aromatic rings. The summed E-state index contributed by atoms with van der Waals surface area (Å²) in [4.78, 5) is 8.13. The van der Waals surface area contributed by atoms with Crippen molar-refractivity contribution < 1.29 is 0 Å². The Hall–Kier alpha value is -0.940. The van der Waals surface area contributed by atoms with Crippen LogP contribution < -0.4 is 5.73 Å². The Morgan fingerprint density at radius 2 is 2.15 bits per heavy atom. The third kappa shape index (κ3) is 3.38. The van der Waals surface area contributed by atoms with E-state index >= 15 is 0 Å². The van der Waals surface area contributed by atoms with Crippen molar-refractivity contribution in [3.63, 3.8) is 0 Å². The van der Waals surface area contributed by atoms with Crippen LogP contribution in [0, 0.1) is 5.41 Å². The molecule has 112 valence electrons. The molecular formula is C15H26N4S. The van der Waals surface area contributed by atoms with Crippen LogP contribution in [-0.2, 0) is 12.0 Å². The summed E-state index contributed by atoms with van der Waals surface area (Å²) >= 11 is 1.59. The number of amidine groups is 1. The van der Waals surface area contributed by atoms with Gasteiger partial charge in [0, 0.05) is 11.5 Å². The summed E-state index contributed by atoms with van der Waals surface area (Å²) in [6.07, 6.45) is 3.89. The maximum atomic E-state index is 7.76. The Kier molecular flexibility index (Phi) is 4.49. The van der Waals surface area contributed by atoms with Crippen LogP contribution in [0.2, 0.25) is 0 Å². The molecule has 1 aliphatic rings. The van der Waals surface area contributed by atoms with E-state index in [0.29, 0.717) is 6.04 Å². The minimum atomic E-state index is -0.0662. The summed E-state index contributed by atoms with van der Waals surface area (Å²) in [5.41, 5.74) is 6.63. The number of nitrogens with one attached hydrogen (secondary N) is 1. The molecule has 2 rings (SSSR count). The number of nitrogen functional groups attached to an aromatic ring is 1. The second-order valence-electron chi connectivity index (χ2n) is 6.76. The van der Waals surface area contributed by atoms with Crippen LogP contribution in [0.5, 0.6) is 0 Å². The van der Waals surface area contributed by atoms with Crippen LogP contribution in [0.3, 0.4) is 0 Å². The van der Waals surface area contributed by atoms with E-state index in [4.69, 9.17) is 16.1 Å². The molecule has 0 aromatic carbocycles. The quantitative estimate of drug-likeness (QED) is 0.665. The summed E-state index contributed by atoms with van der Waals surface area (Å²) < 4.78 is 0. The third-order valence-electron chi connectivity index (χ3n) is 3.91. The molecule has 0 radical (unpaired) electrons. The number of hydrogen-bond acceptors (Lipinski definition) is 4. The van der Waals surface area contributed by atoms with Gasteiger partial charge in [-0.05, 0) is 26.3 Å². The lowest BCUT2D eigenvalue weighted by Crippen LogP contribution is -2.36. The predicted molar refractivity (Wildman–Crippen MR) is 85.6 cm³/mol. The minimum Gasteiger partial charge on any atom is -0.383 e. The first-order valence-corrected chi connectivity index (χ1v) is 8.19. The molecule has 0 spiro atoms. The van der Waals surface area contributed by atoms with Gasteiger partial charge in [-0.25, -0.2) is 4.98 Å². The summed E-state index contributed by atoms with van der Waals surface area (Å²) in [5, 5.41) is 8.85. The summed E-state index contributed by atoms with van der Waals surface area (Å²) in [7, 11) is 0. The molecule has 1 unspecified atom stereocenters. The van der Waals surface area contributed by atoms with Gasteiger partial charge in [0.2, 0.25) is 0 Å². The Balaban J connectivity index is 2.22. The van der Waals surface area contributed by atoms with E-state index in [1.165, 1.54) is 19.3 Å². The fourth-order valence-electron chi connectivity index (χ4n) is 2.69. The smallest absolute Gasteiger partial charge is 0.135 e. The SMILES string of the molecule is CC1CCCCN1Cc1nc(C(C)(C)C)c(C(=N)N)s1. The van der Waals surface area contributed by atoms with Crippen LogP contribution in [0.4, 0.5) is 0 Å². The van der Waals surface area contributed by atoms with Crippen molar-refractivity contribution in [1.82, 2.24) is 9.88 Å². The lowest BCUT2D eigenvalue weighted by Gasteiger charge is -2.32. The van der Waals surface area contributed by atoms with E-state index in [1.807, 2.05) is 0 Å². The van der Waals surface area contributed by atoms with Gasteiger partial charge in [-0.2, -0.15) is 0 Å². The molecule has 1 aromatic heterocycles. The van der Waals surface area contributed by atoms with Gasteiger partial charge in [0.25, 0.3) is 0 Å². The summed E-state index contributed by atoms with van der Waals surface area (Å²) in [5.74, 6) is 0.144. The van der Waals surface area contributed by atoms with Crippen LogP contribution in [-0.4, -0.2) is 28.3 Å². The van der Waals surface area contributed by atoms with Crippen LogP contribution in [0.1, 0.15) is 62.5 Å². The molecule has 0 amide bonds. The number of hydrogen-bond donors (Lipinski definition) is 2. The maximum absolute atomic E-state index is 7.76. The monoisotopic (exact) mass is 294 g/mol. The van der Waals surface area contributed by atoms with Gasteiger partial charge < -0.3 is 5.73 Å². The molecule has 1 saturated heterocycles. The first kappa shape index (κ1) is 15.4. The van der Waals surface area contributed by atoms with E-state index in [-0.39, 0.29) is 11.3 Å². The van der Waals surface area contributed by atoms with Gasteiger partial charge in [-0.3, -0.25) is 10.3 Å². The van der Waals surface area contributed by atoms with Crippen molar-refractivity contribution in [1.29, 1.82) is 5.41 Å². The van der Waals surface area contributed by atoms with Crippen molar-refractivity contribution in [2.45, 2.75) is 65.0 Å². The molecule has 0 saturated carbocycles. The number of likely N-dealkylation sites (tertiary alicyclic amines) is 1. The van der Waals surface area contributed by atoms with Crippen molar-refractivity contribution in [3.8, 4) is 0 Å². The van der Waals surface area contributed by atoms with Crippen LogP contribution in [0.15, 0.2) is 0 Å². The highest BCUT2D eigenvalue weighted by Gasteiger charge is 2.26. The number of aromatic nitrogens is 1. The van der Waals surface area contributed by atoms with Crippen molar-refractivity contribution in [3.05, 3.63) is 15.6 Å². The molecule has 0 aliphatic carbocycles. The standard InChI is InChI=1S/C15H26N4S/c1-10-7-5-6-8-19(10)9-11-18-13(15(2,3)4)12(20-11)14(16)17/h10H,5-9H2,1-4H3,(H3,16,17). The number of nitrogens with two attached hydrogens (primary N) is 1. The van der Waals surface area contributed by atoms with Crippen LogP contribution >= 0.6 is 11.3 Å². The van der Waals surface area contributed by atoms with Gasteiger partial charge in [0.05, 0.1) is 17.1 Å². The van der Waals surface area contributed by atoms with Gasteiger partial charge in [0.15, 0.2) is 0 Å². The molecule has 2 heterocycles. The van der Waals surface area contributed by atoms with Crippen molar-refractivity contribution >= 4 is 17.2 Å². The average Bonchev–Trinajstić information content (AvgIpc) is 2.76. The second kappa shape index (κ2) is 5.82. The highest BCUT2D eigenvalue weighted by Crippen LogP contribution is 2.30. The van der Waals surface area contributed by atoms with Crippen molar-refractivity contribution in [2.24, 2.45) is 5.73 Å². The largest absolute Gasteiger partial charge is 0.383 e. The number of thiazole rings is 1. The second-order valence-corrected chi connectivity index (χ2v) is 7.85. The maximum Gasteiger partial charge on any atom is 0.135 e. The zero-order valence-electron chi connectivity index (χ0n) is 13.0. The Labute approximate surface area is 125 Å². The summed E-state index contributed by atoms with van der Waals surface area (Å²) in [6, 6.07) is 0.631. The van der Waals surface area contributed by atoms with Gasteiger partial charge in [-0.15, -0.1) is 11.3 Å². The fourth-order valence-corrected chi connectivity index (χ4v) is 3.85. The molecule has 4 nitrogen and oxygen atoms in total. The summed E-state index contributed by atoms with van der Waals surface area (Å²) in [6.45, 7) is 10.7.